The number of morpholine rings is 1. The number of nitrogen functional groups attached to an aromatic ring is 1. The van der Waals surface area contributed by atoms with Gasteiger partial charge in [0.05, 0.1) is 24.2 Å². The molecule has 0 spiro atoms. The number of hydrogen-bond donors (Lipinski definition) is 4. The summed E-state index contributed by atoms with van der Waals surface area (Å²) in [6.45, 7) is 4.30. The van der Waals surface area contributed by atoms with Crippen LogP contribution in [0.5, 0.6) is 5.75 Å². The number of aromatic amines is 1. The standard InChI is InChI=1S/C26H29N7O2/c1-3-4-5-19-15-35-13-12-33(19)18-9-6-16(7-10-18)22-24(34)23(32(2)31-22)26-29-20-11-8-17(25(27)28)14-21(20)30-26/h5-11,14,34H,3-4,12-13,15H2,1-2H3,(H3,27,28)(H,29,30)/b19-5+. The number of nitrogens with one attached hydrogen (secondary N) is 2. The Bertz CT molecular complexity index is 1420. The third-order valence-electron chi connectivity index (χ3n) is 6.22. The molecule has 5 rings (SSSR count). The molecule has 0 bridgehead atoms. The summed E-state index contributed by atoms with van der Waals surface area (Å²) in [5.74, 6) is 0.540. The van der Waals surface area contributed by atoms with E-state index >= 15 is 0 Å². The van der Waals surface area contributed by atoms with Crippen molar-refractivity contribution in [2.24, 2.45) is 12.8 Å². The number of imidazole rings is 1. The zero-order valence-electron chi connectivity index (χ0n) is 19.9. The van der Waals surface area contributed by atoms with E-state index in [4.69, 9.17) is 15.9 Å². The number of aryl methyl sites for hydroxylation is 1. The van der Waals surface area contributed by atoms with E-state index in [0.29, 0.717) is 41.5 Å². The van der Waals surface area contributed by atoms with E-state index in [1.54, 1.807) is 29.9 Å². The number of nitrogens with two attached hydrogens (primary N) is 1. The Morgan fingerprint density at radius 2 is 2.06 bits per heavy atom. The van der Waals surface area contributed by atoms with Gasteiger partial charge < -0.3 is 25.5 Å². The monoisotopic (exact) mass is 471 g/mol. The van der Waals surface area contributed by atoms with Gasteiger partial charge in [0.25, 0.3) is 0 Å². The zero-order valence-corrected chi connectivity index (χ0v) is 19.9. The van der Waals surface area contributed by atoms with Crippen LogP contribution in [0.2, 0.25) is 0 Å². The van der Waals surface area contributed by atoms with Gasteiger partial charge in [-0.25, -0.2) is 4.98 Å². The topological polar surface area (TPSA) is 129 Å². The fraction of sp³-hybridized carbons (Fsp3) is 0.269. The predicted octanol–water partition coefficient (Wildman–Crippen LogP) is 4.14. The SMILES string of the molecule is CCC/C=C1\COCCN1c1ccc(-c2nn(C)c(-c3nc4ccc(C(=N)N)cc4[nH]3)c2O)cc1. The van der Waals surface area contributed by atoms with E-state index in [1.165, 1.54) is 5.70 Å². The number of hydrogen-bond acceptors (Lipinski definition) is 6. The number of aromatic hydroxyl groups is 1. The molecule has 2 aromatic heterocycles. The van der Waals surface area contributed by atoms with Crippen molar-refractivity contribution in [1.29, 1.82) is 5.41 Å². The Kier molecular flexibility index (Phi) is 6.00. The van der Waals surface area contributed by atoms with Crippen LogP contribution >= 0.6 is 0 Å². The van der Waals surface area contributed by atoms with Gasteiger partial charge >= 0.3 is 0 Å². The van der Waals surface area contributed by atoms with Crippen LogP contribution in [0.1, 0.15) is 25.3 Å². The van der Waals surface area contributed by atoms with E-state index in [2.05, 4.69) is 45.1 Å². The normalized spacial score (nSPS) is 15.3. The molecule has 0 unspecified atom stereocenters. The van der Waals surface area contributed by atoms with Crippen molar-refractivity contribution in [3.8, 4) is 28.5 Å². The van der Waals surface area contributed by atoms with Crippen LogP contribution in [0.3, 0.4) is 0 Å². The first-order chi connectivity index (χ1) is 17.0. The third kappa shape index (κ3) is 4.26. The lowest BCUT2D eigenvalue weighted by atomic mass is 10.1. The molecule has 35 heavy (non-hydrogen) atoms. The number of rotatable bonds is 6. The van der Waals surface area contributed by atoms with Crippen molar-refractivity contribution in [2.75, 3.05) is 24.7 Å². The van der Waals surface area contributed by atoms with E-state index in [-0.39, 0.29) is 11.6 Å². The van der Waals surface area contributed by atoms with Crippen LogP contribution in [0.25, 0.3) is 33.8 Å². The quantitative estimate of drug-likeness (QED) is 0.247. The Hall–Kier alpha value is -4.11. The first-order valence-electron chi connectivity index (χ1n) is 11.7. The molecule has 1 aliphatic heterocycles. The lowest BCUT2D eigenvalue weighted by Gasteiger charge is -2.32. The first-order valence-corrected chi connectivity index (χ1v) is 11.7. The minimum absolute atomic E-state index is 0.0118. The number of fused-ring (bicyclic) bond motifs is 1. The molecule has 4 aromatic rings. The smallest absolute Gasteiger partial charge is 0.173 e. The number of aromatic nitrogens is 4. The van der Waals surface area contributed by atoms with E-state index in [1.807, 2.05) is 12.1 Å². The molecular weight excluding hydrogens is 442 g/mol. The molecule has 1 aliphatic rings. The van der Waals surface area contributed by atoms with Gasteiger partial charge in [0.2, 0.25) is 0 Å². The lowest BCUT2D eigenvalue weighted by Crippen LogP contribution is -2.34. The third-order valence-corrected chi connectivity index (χ3v) is 6.22. The molecule has 3 heterocycles. The number of benzene rings is 2. The molecule has 9 nitrogen and oxygen atoms in total. The highest BCUT2D eigenvalue weighted by Gasteiger charge is 2.22. The van der Waals surface area contributed by atoms with Crippen molar-refractivity contribution in [1.82, 2.24) is 19.7 Å². The summed E-state index contributed by atoms with van der Waals surface area (Å²) >= 11 is 0. The second-order valence-electron chi connectivity index (χ2n) is 8.64. The number of ether oxygens (including phenoxy) is 1. The maximum Gasteiger partial charge on any atom is 0.173 e. The minimum Gasteiger partial charge on any atom is -0.504 e. The van der Waals surface area contributed by atoms with Crippen LogP contribution in [0, 0.1) is 5.41 Å². The molecule has 1 saturated heterocycles. The minimum atomic E-state index is -0.0118. The summed E-state index contributed by atoms with van der Waals surface area (Å²) < 4.78 is 7.28. The highest BCUT2D eigenvalue weighted by molar-refractivity contribution is 5.98. The van der Waals surface area contributed by atoms with E-state index in [0.717, 1.165) is 36.2 Å². The molecule has 0 radical (unpaired) electrons. The summed E-state index contributed by atoms with van der Waals surface area (Å²) in [4.78, 5) is 10.1. The zero-order chi connectivity index (χ0) is 24.5. The second kappa shape index (κ2) is 9.27. The fourth-order valence-corrected chi connectivity index (χ4v) is 4.39. The highest BCUT2D eigenvalue weighted by Crippen LogP contribution is 2.38. The molecule has 1 fully saturated rings. The van der Waals surface area contributed by atoms with E-state index in [9.17, 15) is 5.11 Å². The van der Waals surface area contributed by atoms with Gasteiger partial charge in [-0.1, -0.05) is 31.6 Å². The summed E-state index contributed by atoms with van der Waals surface area (Å²) in [7, 11) is 1.78. The summed E-state index contributed by atoms with van der Waals surface area (Å²) in [6, 6.07) is 13.4. The fourth-order valence-electron chi connectivity index (χ4n) is 4.39. The Balaban J connectivity index is 1.46. The Morgan fingerprint density at radius 3 is 2.80 bits per heavy atom. The molecule has 2 aromatic carbocycles. The number of H-pyrrole nitrogens is 1. The summed E-state index contributed by atoms with van der Waals surface area (Å²) in [5.41, 5.74) is 11.7. The number of anilines is 1. The van der Waals surface area contributed by atoms with Crippen LogP contribution in [0.4, 0.5) is 5.69 Å². The maximum atomic E-state index is 11.1. The van der Waals surface area contributed by atoms with Crippen LogP contribution in [-0.4, -0.2) is 50.4 Å². The van der Waals surface area contributed by atoms with Gasteiger partial charge in [0, 0.05) is 36.1 Å². The number of amidine groups is 1. The van der Waals surface area contributed by atoms with Crippen molar-refractivity contribution in [2.45, 2.75) is 19.8 Å². The highest BCUT2D eigenvalue weighted by atomic mass is 16.5. The number of unbranched alkanes of at least 4 members (excludes halogenated alkanes) is 1. The molecule has 5 N–H and O–H groups in total. The molecule has 0 aliphatic carbocycles. The maximum absolute atomic E-state index is 11.1. The van der Waals surface area contributed by atoms with Crippen LogP contribution < -0.4 is 10.6 Å². The Morgan fingerprint density at radius 1 is 1.26 bits per heavy atom. The predicted molar refractivity (Wildman–Crippen MR) is 138 cm³/mol. The van der Waals surface area contributed by atoms with Crippen molar-refractivity contribution in [3.05, 3.63) is 59.8 Å². The average molecular weight is 472 g/mol. The van der Waals surface area contributed by atoms with Gasteiger partial charge in [0.1, 0.15) is 17.2 Å². The van der Waals surface area contributed by atoms with Crippen molar-refractivity contribution in [3.63, 3.8) is 0 Å². The van der Waals surface area contributed by atoms with Gasteiger partial charge in [0.15, 0.2) is 11.6 Å². The van der Waals surface area contributed by atoms with Crippen LogP contribution in [0.15, 0.2) is 54.2 Å². The second-order valence-corrected chi connectivity index (χ2v) is 8.64. The summed E-state index contributed by atoms with van der Waals surface area (Å²) in [5, 5.41) is 23.3. The van der Waals surface area contributed by atoms with Gasteiger partial charge in [-0.05, 0) is 36.8 Å². The largest absolute Gasteiger partial charge is 0.504 e. The van der Waals surface area contributed by atoms with Gasteiger partial charge in [-0.15, -0.1) is 0 Å². The molecule has 0 atom stereocenters. The number of nitrogens with zero attached hydrogens (tertiary/aromatic N) is 4. The lowest BCUT2D eigenvalue weighted by molar-refractivity contribution is 0.142. The average Bonchev–Trinajstić information content (AvgIpc) is 3.41. The Labute approximate surface area is 203 Å². The van der Waals surface area contributed by atoms with Gasteiger partial charge in [-0.2, -0.15) is 5.10 Å². The molecule has 0 saturated carbocycles. The van der Waals surface area contributed by atoms with E-state index < -0.39 is 0 Å². The molecule has 0 amide bonds. The molecule has 9 heteroatoms. The van der Waals surface area contributed by atoms with Crippen molar-refractivity contribution < 1.29 is 9.84 Å². The van der Waals surface area contributed by atoms with Crippen LogP contribution in [-0.2, 0) is 11.8 Å². The molecule has 180 valence electrons. The van der Waals surface area contributed by atoms with Crippen molar-refractivity contribution >= 4 is 22.6 Å². The summed E-state index contributed by atoms with van der Waals surface area (Å²) in [6.07, 6.45) is 4.37. The first kappa shape index (κ1) is 22.7. The molecular formula is C26H29N7O2. The number of allylic oxidation sites excluding steroid dienone is 1. The van der Waals surface area contributed by atoms with Gasteiger partial charge in [-0.3, -0.25) is 10.1 Å².